The summed E-state index contributed by atoms with van der Waals surface area (Å²) >= 11 is 0. The number of carbonyl (C=O) groups is 1. The van der Waals surface area contributed by atoms with E-state index in [0.717, 1.165) is 11.1 Å². The molecule has 1 aromatic rings. The summed E-state index contributed by atoms with van der Waals surface area (Å²) in [6.07, 6.45) is 7.89. The van der Waals surface area contributed by atoms with Gasteiger partial charge in [-0.3, -0.25) is 9.78 Å². The van der Waals surface area contributed by atoms with Crippen molar-refractivity contribution in [3.63, 3.8) is 0 Å². The van der Waals surface area contributed by atoms with E-state index in [4.69, 9.17) is 0 Å². The van der Waals surface area contributed by atoms with Crippen molar-refractivity contribution in [2.75, 3.05) is 0 Å². The average molecular weight is 189 g/mol. The van der Waals surface area contributed by atoms with Crippen LogP contribution in [0.4, 0.5) is 0 Å². The van der Waals surface area contributed by atoms with E-state index in [9.17, 15) is 4.79 Å². The van der Waals surface area contributed by atoms with Gasteiger partial charge in [0.25, 0.3) is 0 Å². The van der Waals surface area contributed by atoms with Crippen LogP contribution in [0.5, 0.6) is 0 Å². The van der Waals surface area contributed by atoms with Gasteiger partial charge in [-0.2, -0.15) is 0 Å². The van der Waals surface area contributed by atoms with E-state index in [2.05, 4.69) is 4.98 Å². The molecule has 0 atom stereocenters. The molecule has 0 aromatic carbocycles. The fourth-order valence-corrected chi connectivity index (χ4v) is 1.82. The number of pyridine rings is 1. The normalized spacial score (nSPS) is 16.4. The van der Waals surface area contributed by atoms with Gasteiger partial charge in [0.05, 0.1) is 0 Å². The van der Waals surface area contributed by atoms with E-state index >= 15 is 0 Å². The van der Waals surface area contributed by atoms with Crippen molar-refractivity contribution in [1.82, 2.24) is 4.98 Å². The molecule has 1 fully saturated rings. The SMILES string of the molecule is Cc1ccncc1C(=O)CC1CCC1. The molecule has 0 radical (unpaired) electrons. The maximum atomic E-state index is 11.8. The molecule has 0 spiro atoms. The number of rotatable bonds is 3. The zero-order valence-corrected chi connectivity index (χ0v) is 8.49. The van der Waals surface area contributed by atoms with E-state index in [1.54, 1.807) is 12.4 Å². The molecule has 0 aliphatic heterocycles. The summed E-state index contributed by atoms with van der Waals surface area (Å²) in [7, 11) is 0. The topological polar surface area (TPSA) is 30.0 Å². The molecule has 2 heteroatoms. The van der Waals surface area contributed by atoms with Crippen molar-refractivity contribution >= 4 is 5.78 Å². The van der Waals surface area contributed by atoms with Crippen LogP contribution >= 0.6 is 0 Å². The quantitative estimate of drug-likeness (QED) is 0.684. The summed E-state index contributed by atoms with van der Waals surface area (Å²) in [6, 6.07) is 1.90. The van der Waals surface area contributed by atoms with Crippen molar-refractivity contribution in [2.24, 2.45) is 5.92 Å². The maximum Gasteiger partial charge on any atom is 0.164 e. The molecule has 14 heavy (non-hydrogen) atoms. The summed E-state index contributed by atoms with van der Waals surface area (Å²) in [4.78, 5) is 15.8. The highest BCUT2D eigenvalue weighted by Gasteiger charge is 2.21. The highest BCUT2D eigenvalue weighted by Crippen LogP contribution is 2.30. The van der Waals surface area contributed by atoms with Crippen molar-refractivity contribution < 1.29 is 4.79 Å². The lowest BCUT2D eigenvalue weighted by Crippen LogP contribution is -2.16. The van der Waals surface area contributed by atoms with Crippen LogP contribution in [0.2, 0.25) is 0 Å². The Labute approximate surface area is 84.4 Å². The zero-order valence-electron chi connectivity index (χ0n) is 8.49. The van der Waals surface area contributed by atoms with Gasteiger partial charge in [0.2, 0.25) is 0 Å². The minimum atomic E-state index is 0.264. The van der Waals surface area contributed by atoms with Gasteiger partial charge in [0.15, 0.2) is 5.78 Å². The first kappa shape index (κ1) is 9.38. The minimum Gasteiger partial charge on any atom is -0.294 e. The molecule has 0 N–H and O–H groups in total. The van der Waals surface area contributed by atoms with Crippen LogP contribution in [0.3, 0.4) is 0 Å². The molecule has 1 aromatic heterocycles. The number of hydrogen-bond donors (Lipinski definition) is 0. The number of aryl methyl sites for hydroxylation is 1. The number of carbonyl (C=O) groups excluding carboxylic acids is 1. The molecule has 0 amide bonds. The van der Waals surface area contributed by atoms with Crippen molar-refractivity contribution in [2.45, 2.75) is 32.6 Å². The Morgan fingerprint density at radius 2 is 2.36 bits per heavy atom. The smallest absolute Gasteiger partial charge is 0.164 e. The molecule has 2 rings (SSSR count). The van der Waals surface area contributed by atoms with Crippen LogP contribution in [0.1, 0.15) is 41.6 Å². The molecule has 74 valence electrons. The third-order valence-corrected chi connectivity index (χ3v) is 3.04. The summed E-state index contributed by atoms with van der Waals surface area (Å²) in [5.41, 5.74) is 1.85. The predicted octanol–water partition coefficient (Wildman–Crippen LogP) is 2.76. The Bertz CT molecular complexity index is 342. The first-order chi connectivity index (χ1) is 6.77. The maximum absolute atomic E-state index is 11.8. The van der Waals surface area contributed by atoms with E-state index in [1.807, 2.05) is 13.0 Å². The fourth-order valence-electron chi connectivity index (χ4n) is 1.82. The monoisotopic (exact) mass is 189 g/mol. The second-order valence-corrected chi connectivity index (χ2v) is 4.11. The van der Waals surface area contributed by atoms with Crippen LogP contribution in [0.25, 0.3) is 0 Å². The predicted molar refractivity (Wildman–Crippen MR) is 55.3 cm³/mol. The van der Waals surface area contributed by atoms with Crippen LogP contribution in [-0.2, 0) is 0 Å². The molecule has 0 saturated heterocycles. The summed E-state index contributed by atoms with van der Waals surface area (Å²) in [6.45, 7) is 1.97. The molecular weight excluding hydrogens is 174 g/mol. The molecule has 1 saturated carbocycles. The Balaban J connectivity index is 2.06. The third kappa shape index (κ3) is 1.84. The van der Waals surface area contributed by atoms with Gasteiger partial charge in [-0.25, -0.2) is 0 Å². The van der Waals surface area contributed by atoms with Crippen LogP contribution in [0, 0.1) is 12.8 Å². The van der Waals surface area contributed by atoms with Gasteiger partial charge < -0.3 is 0 Å². The lowest BCUT2D eigenvalue weighted by atomic mass is 9.81. The van der Waals surface area contributed by atoms with E-state index in [1.165, 1.54) is 19.3 Å². The Hall–Kier alpha value is -1.18. The lowest BCUT2D eigenvalue weighted by molar-refractivity contribution is 0.0935. The summed E-state index contributed by atoms with van der Waals surface area (Å²) in [5, 5.41) is 0. The van der Waals surface area contributed by atoms with Crippen LogP contribution < -0.4 is 0 Å². The van der Waals surface area contributed by atoms with Gasteiger partial charge in [0, 0.05) is 24.4 Å². The van der Waals surface area contributed by atoms with Crippen molar-refractivity contribution in [3.8, 4) is 0 Å². The summed E-state index contributed by atoms with van der Waals surface area (Å²) in [5.74, 6) is 0.905. The lowest BCUT2D eigenvalue weighted by Gasteiger charge is -2.24. The molecule has 1 heterocycles. The van der Waals surface area contributed by atoms with E-state index in [-0.39, 0.29) is 5.78 Å². The standard InChI is InChI=1S/C12H15NO/c1-9-5-6-13-8-11(9)12(14)7-10-3-2-4-10/h5-6,8,10H,2-4,7H2,1H3. The molecule has 0 unspecified atom stereocenters. The first-order valence-electron chi connectivity index (χ1n) is 5.21. The Kier molecular flexibility index (Phi) is 2.62. The molecule has 0 bridgehead atoms. The number of ketones is 1. The molecule has 2 nitrogen and oxygen atoms in total. The molecule has 1 aliphatic rings. The minimum absolute atomic E-state index is 0.264. The fraction of sp³-hybridized carbons (Fsp3) is 0.500. The van der Waals surface area contributed by atoms with Gasteiger partial charge in [0.1, 0.15) is 0 Å². The summed E-state index contributed by atoms with van der Waals surface area (Å²) < 4.78 is 0. The third-order valence-electron chi connectivity index (χ3n) is 3.04. The van der Waals surface area contributed by atoms with Gasteiger partial charge in [-0.1, -0.05) is 19.3 Å². The van der Waals surface area contributed by atoms with Crippen LogP contribution in [-0.4, -0.2) is 10.8 Å². The number of nitrogens with zero attached hydrogens (tertiary/aromatic N) is 1. The largest absolute Gasteiger partial charge is 0.294 e. The van der Waals surface area contributed by atoms with E-state index < -0.39 is 0 Å². The second kappa shape index (κ2) is 3.91. The van der Waals surface area contributed by atoms with Crippen molar-refractivity contribution in [3.05, 3.63) is 29.6 Å². The highest BCUT2D eigenvalue weighted by atomic mass is 16.1. The Morgan fingerprint density at radius 3 is 2.93 bits per heavy atom. The zero-order chi connectivity index (χ0) is 9.97. The van der Waals surface area contributed by atoms with Crippen LogP contribution in [0.15, 0.2) is 18.5 Å². The van der Waals surface area contributed by atoms with Gasteiger partial charge in [-0.05, 0) is 24.5 Å². The van der Waals surface area contributed by atoms with Gasteiger partial charge >= 0.3 is 0 Å². The number of aromatic nitrogens is 1. The van der Waals surface area contributed by atoms with E-state index in [0.29, 0.717) is 12.3 Å². The first-order valence-corrected chi connectivity index (χ1v) is 5.21. The number of hydrogen-bond acceptors (Lipinski definition) is 2. The average Bonchev–Trinajstić information content (AvgIpc) is 2.12. The highest BCUT2D eigenvalue weighted by molar-refractivity contribution is 5.97. The van der Waals surface area contributed by atoms with Crippen molar-refractivity contribution in [1.29, 1.82) is 0 Å². The number of Topliss-reactive ketones (excluding diaryl/α,β-unsaturated/α-hetero) is 1. The molecular formula is C12H15NO. The van der Waals surface area contributed by atoms with Gasteiger partial charge in [-0.15, -0.1) is 0 Å². The Morgan fingerprint density at radius 1 is 1.57 bits per heavy atom. The molecule has 1 aliphatic carbocycles. The second-order valence-electron chi connectivity index (χ2n) is 4.11.